The molecule has 0 amide bonds. The molecule has 0 fully saturated rings. The minimum Gasteiger partial charge on any atom is -0.497 e. The molecule has 2 aromatic carbocycles. The summed E-state index contributed by atoms with van der Waals surface area (Å²) in [6, 6.07) is 11.5. The van der Waals surface area contributed by atoms with Gasteiger partial charge in [-0.05, 0) is 54.4 Å². The Hall–Kier alpha value is -2.19. The summed E-state index contributed by atoms with van der Waals surface area (Å²) in [5.74, 6) is -0.312. The Morgan fingerprint density at radius 2 is 1.88 bits per heavy atom. The molecule has 8 heteroatoms. The maximum absolute atomic E-state index is 11.0. The third-order valence-electron chi connectivity index (χ3n) is 4.07. The van der Waals surface area contributed by atoms with Crippen LogP contribution in [0.4, 0.5) is 0 Å². The fourth-order valence-corrected chi connectivity index (χ4v) is 4.32. The second-order valence-electron chi connectivity index (χ2n) is 5.73. The largest absolute Gasteiger partial charge is 0.497 e. The number of fused-ring (bicyclic) bond motifs is 1. The molecule has 0 aliphatic rings. The smallest absolute Gasteiger partial charge is 0.303 e. The van der Waals surface area contributed by atoms with Crippen molar-refractivity contribution in [1.82, 2.24) is 3.97 Å². The van der Waals surface area contributed by atoms with Crippen molar-refractivity contribution in [2.75, 3.05) is 7.11 Å². The second kappa shape index (κ2) is 7.20. The maximum atomic E-state index is 11.0. The summed E-state index contributed by atoms with van der Waals surface area (Å²) in [5, 5.41) is 10.2. The number of hydrogen-bond donors (Lipinski definition) is 3. The van der Waals surface area contributed by atoms with Crippen molar-refractivity contribution < 1.29 is 23.7 Å². The van der Waals surface area contributed by atoms with Crippen LogP contribution in [-0.4, -0.2) is 31.3 Å². The van der Waals surface area contributed by atoms with Gasteiger partial charge in [0.25, 0.3) is 0 Å². The molecule has 3 N–H and O–H groups in total. The minimum atomic E-state index is -3.35. The van der Waals surface area contributed by atoms with Gasteiger partial charge in [0.1, 0.15) is 5.75 Å². The number of benzene rings is 2. The lowest BCUT2D eigenvalue weighted by Gasteiger charge is -2.34. The number of aryl methyl sites for hydroxylation is 1. The summed E-state index contributed by atoms with van der Waals surface area (Å²) in [4.78, 5) is 11.3. The van der Waals surface area contributed by atoms with Gasteiger partial charge < -0.3 is 9.84 Å². The van der Waals surface area contributed by atoms with E-state index in [4.69, 9.17) is 21.4 Å². The van der Waals surface area contributed by atoms with Crippen molar-refractivity contribution in [2.45, 2.75) is 17.7 Å². The number of aliphatic carboxylic acids is 1. The Morgan fingerprint density at radius 1 is 1.19 bits per heavy atom. The normalized spacial score (nSPS) is 12.3. The number of carboxylic acid groups (broad SMARTS) is 1. The lowest BCUT2D eigenvalue weighted by Crippen LogP contribution is -2.08. The summed E-state index contributed by atoms with van der Waals surface area (Å²) in [6.07, 6.45) is 1.80. The molecule has 0 unspecified atom stereocenters. The molecule has 0 atom stereocenters. The molecule has 3 rings (SSSR count). The number of hydrogen-bond acceptors (Lipinski definition) is 4. The third kappa shape index (κ3) is 3.52. The lowest BCUT2D eigenvalue weighted by molar-refractivity contribution is -0.136. The van der Waals surface area contributed by atoms with Gasteiger partial charge in [0, 0.05) is 23.0 Å². The highest BCUT2D eigenvalue weighted by Gasteiger charge is 2.22. The van der Waals surface area contributed by atoms with E-state index in [2.05, 4.69) is 0 Å². The van der Waals surface area contributed by atoms with E-state index in [-0.39, 0.29) is 12.8 Å². The van der Waals surface area contributed by atoms with E-state index in [9.17, 15) is 13.9 Å². The highest BCUT2D eigenvalue weighted by Crippen LogP contribution is 2.52. The first-order valence-electron chi connectivity index (χ1n) is 7.77. The zero-order valence-corrected chi connectivity index (χ0v) is 15.5. The number of nitrogens with zero attached hydrogens (tertiary/aromatic N) is 1. The van der Waals surface area contributed by atoms with Crippen LogP contribution < -0.4 is 4.74 Å². The van der Waals surface area contributed by atoms with Gasteiger partial charge in [0.2, 0.25) is 0 Å². The van der Waals surface area contributed by atoms with E-state index in [1.54, 1.807) is 48.7 Å². The monoisotopic (exact) mass is 395 g/mol. The molecule has 0 spiro atoms. The third-order valence-corrected chi connectivity index (χ3v) is 6.08. The first-order chi connectivity index (χ1) is 12.3. The van der Waals surface area contributed by atoms with Gasteiger partial charge in [0.15, 0.2) is 0 Å². The standard InChI is InChI=1S/C18H18ClNO5S/c1-25-14-5-8-17-16(10-14)12(2-9-18(21)22)11-20(17)26(23,24)15-6-3-13(19)4-7-15/h3-8,10-11,23-24H,2,9H2,1H3,(H,21,22). The highest BCUT2D eigenvalue weighted by molar-refractivity contribution is 8.23. The van der Waals surface area contributed by atoms with Gasteiger partial charge in [0.05, 0.1) is 17.5 Å². The van der Waals surface area contributed by atoms with Crippen LogP contribution in [0.15, 0.2) is 53.6 Å². The topological polar surface area (TPSA) is 91.9 Å². The van der Waals surface area contributed by atoms with E-state index in [1.165, 1.54) is 11.1 Å². The number of carboxylic acids is 1. The van der Waals surface area contributed by atoms with Gasteiger partial charge in [-0.2, -0.15) is 0 Å². The predicted octanol–water partition coefficient (Wildman–Crippen LogP) is 4.89. The van der Waals surface area contributed by atoms with Crippen molar-refractivity contribution in [2.24, 2.45) is 0 Å². The van der Waals surface area contributed by atoms with E-state index < -0.39 is 16.7 Å². The van der Waals surface area contributed by atoms with Gasteiger partial charge >= 0.3 is 5.97 Å². The fraction of sp³-hybridized carbons (Fsp3) is 0.167. The van der Waals surface area contributed by atoms with Crippen molar-refractivity contribution in [3.8, 4) is 5.75 Å². The summed E-state index contributed by atoms with van der Waals surface area (Å²) in [6.45, 7) is 0. The number of aromatic nitrogens is 1. The molecule has 0 bridgehead atoms. The summed E-state index contributed by atoms with van der Waals surface area (Å²) >= 11 is 5.88. The molecule has 0 aliphatic carbocycles. The molecule has 0 saturated carbocycles. The first-order valence-corrected chi connectivity index (χ1v) is 9.65. The maximum Gasteiger partial charge on any atom is 0.303 e. The van der Waals surface area contributed by atoms with E-state index in [0.717, 1.165) is 5.39 Å². The number of carbonyl (C=O) groups is 1. The quantitative estimate of drug-likeness (QED) is 0.552. The lowest BCUT2D eigenvalue weighted by atomic mass is 10.1. The van der Waals surface area contributed by atoms with Crippen LogP contribution in [0.1, 0.15) is 12.0 Å². The molecular formula is C18H18ClNO5S. The van der Waals surface area contributed by atoms with Crippen LogP contribution >= 0.6 is 22.4 Å². The predicted molar refractivity (Wildman–Crippen MR) is 102 cm³/mol. The molecule has 0 aliphatic heterocycles. The highest BCUT2D eigenvalue weighted by atomic mass is 35.5. The molecule has 6 nitrogen and oxygen atoms in total. The summed E-state index contributed by atoms with van der Waals surface area (Å²) < 4.78 is 28.4. The molecule has 1 aromatic heterocycles. The Labute approximate surface area is 157 Å². The molecule has 3 aromatic rings. The molecular weight excluding hydrogens is 378 g/mol. The van der Waals surface area contributed by atoms with Crippen LogP contribution in [0, 0.1) is 0 Å². The number of rotatable bonds is 6. The van der Waals surface area contributed by atoms with Gasteiger partial charge in [-0.15, -0.1) is 0 Å². The van der Waals surface area contributed by atoms with Crippen LogP contribution in [0.25, 0.3) is 10.9 Å². The van der Waals surface area contributed by atoms with Crippen molar-refractivity contribution >= 4 is 39.2 Å². The molecule has 0 saturated heterocycles. The zero-order chi connectivity index (χ0) is 18.9. The molecule has 138 valence electrons. The SMILES string of the molecule is COc1ccc2c(c1)c(CCC(=O)O)cn2S(O)(O)c1ccc(Cl)cc1. The molecule has 0 radical (unpaired) electrons. The Morgan fingerprint density at radius 3 is 2.50 bits per heavy atom. The molecule has 1 heterocycles. The molecule has 26 heavy (non-hydrogen) atoms. The van der Waals surface area contributed by atoms with E-state index in [1.807, 2.05) is 0 Å². The summed E-state index contributed by atoms with van der Waals surface area (Å²) in [5.41, 5.74) is 1.29. The van der Waals surface area contributed by atoms with Gasteiger partial charge in [-0.1, -0.05) is 22.4 Å². The zero-order valence-electron chi connectivity index (χ0n) is 13.9. The Balaban J connectivity index is 2.15. The van der Waals surface area contributed by atoms with Crippen molar-refractivity contribution in [1.29, 1.82) is 0 Å². The van der Waals surface area contributed by atoms with Crippen molar-refractivity contribution in [3.05, 3.63) is 59.2 Å². The van der Waals surface area contributed by atoms with Crippen molar-refractivity contribution in [3.63, 3.8) is 0 Å². The minimum absolute atomic E-state index is 0.0591. The van der Waals surface area contributed by atoms with E-state index in [0.29, 0.717) is 26.7 Å². The fourth-order valence-electron chi connectivity index (χ4n) is 2.75. The van der Waals surface area contributed by atoms with Crippen LogP contribution in [-0.2, 0) is 11.2 Å². The van der Waals surface area contributed by atoms with Crippen LogP contribution in [0.3, 0.4) is 0 Å². The first kappa shape index (κ1) is 18.6. The van der Waals surface area contributed by atoms with Crippen LogP contribution in [0.5, 0.6) is 5.75 Å². The van der Waals surface area contributed by atoms with E-state index >= 15 is 0 Å². The second-order valence-corrected chi connectivity index (χ2v) is 8.07. The summed E-state index contributed by atoms with van der Waals surface area (Å²) in [7, 11) is -1.81. The average Bonchev–Trinajstić information content (AvgIpc) is 2.99. The average molecular weight is 396 g/mol. The number of ether oxygens (including phenoxy) is 1. The van der Waals surface area contributed by atoms with Gasteiger partial charge in [-0.25, -0.2) is 3.97 Å². The van der Waals surface area contributed by atoms with Gasteiger partial charge in [-0.3, -0.25) is 13.9 Å². The Kier molecular flexibility index (Phi) is 5.15. The number of methoxy groups -OCH3 is 1. The Bertz CT molecular complexity index is 952. The number of halogens is 1. The van der Waals surface area contributed by atoms with Crippen LogP contribution in [0.2, 0.25) is 5.02 Å².